The quantitative estimate of drug-likeness (QED) is 0.833. The SMILES string of the molecule is CCNC(=O)Cc1ccc2c(c1)CCC2=O. The van der Waals surface area contributed by atoms with Crippen LogP contribution in [-0.4, -0.2) is 18.2 Å². The van der Waals surface area contributed by atoms with Crippen molar-refractivity contribution in [2.24, 2.45) is 0 Å². The third-order valence-corrected chi connectivity index (χ3v) is 2.83. The lowest BCUT2D eigenvalue weighted by Crippen LogP contribution is -2.24. The molecule has 1 aliphatic rings. The van der Waals surface area contributed by atoms with Crippen LogP contribution in [0.5, 0.6) is 0 Å². The first-order chi connectivity index (χ1) is 7.70. The molecule has 16 heavy (non-hydrogen) atoms. The molecule has 0 aromatic heterocycles. The number of rotatable bonds is 3. The Labute approximate surface area is 94.9 Å². The molecule has 0 unspecified atom stereocenters. The van der Waals surface area contributed by atoms with Crippen LogP contribution >= 0.6 is 0 Å². The van der Waals surface area contributed by atoms with Gasteiger partial charge in [0.2, 0.25) is 5.91 Å². The van der Waals surface area contributed by atoms with Crippen LogP contribution in [0.3, 0.4) is 0 Å². The monoisotopic (exact) mass is 217 g/mol. The van der Waals surface area contributed by atoms with Crippen molar-refractivity contribution in [2.45, 2.75) is 26.2 Å². The van der Waals surface area contributed by atoms with E-state index in [0.717, 1.165) is 23.1 Å². The van der Waals surface area contributed by atoms with Crippen molar-refractivity contribution >= 4 is 11.7 Å². The van der Waals surface area contributed by atoms with Gasteiger partial charge in [0, 0.05) is 18.5 Å². The van der Waals surface area contributed by atoms with Crippen molar-refractivity contribution in [3.8, 4) is 0 Å². The van der Waals surface area contributed by atoms with Crippen molar-refractivity contribution in [1.29, 1.82) is 0 Å². The molecule has 1 N–H and O–H groups in total. The highest BCUT2D eigenvalue weighted by molar-refractivity contribution is 6.00. The first kappa shape index (κ1) is 10.9. The van der Waals surface area contributed by atoms with E-state index in [-0.39, 0.29) is 11.7 Å². The zero-order chi connectivity index (χ0) is 11.5. The molecule has 1 aromatic carbocycles. The smallest absolute Gasteiger partial charge is 0.224 e. The lowest BCUT2D eigenvalue weighted by atomic mass is 10.0. The Bertz CT molecular complexity index is 438. The van der Waals surface area contributed by atoms with Gasteiger partial charge in [0.25, 0.3) is 0 Å². The fourth-order valence-electron chi connectivity index (χ4n) is 2.06. The predicted molar refractivity (Wildman–Crippen MR) is 61.5 cm³/mol. The summed E-state index contributed by atoms with van der Waals surface area (Å²) in [5.74, 6) is 0.256. The molecule has 1 aliphatic carbocycles. The molecule has 0 spiro atoms. The summed E-state index contributed by atoms with van der Waals surface area (Å²) < 4.78 is 0. The molecule has 0 saturated heterocycles. The Morgan fingerprint density at radius 1 is 1.38 bits per heavy atom. The van der Waals surface area contributed by atoms with Gasteiger partial charge in [-0.05, 0) is 24.5 Å². The molecule has 1 aromatic rings. The number of amides is 1. The van der Waals surface area contributed by atoms with Crippen molar-refractivity contribution in [3.05, 3.63) is 34.9 Å². The lowest BCUT2D eigenvalue weighted by Gasteiger charge is -2.04. The van der Waals surface area contributed by atoms with Crippen LogP contribution in [0.2, 0.25) is 0 Å². The number of Topliss-reactive ketones (excluding diaryl/α,β-unsaturated/α-hetero) is 1. The molecule has 0 radical (unpaired) electrons. The highest BCUT2D eigenvalue weighted by atomic mass is 16.1. The van der Waals surface area contributed by atoms with Gasteiger partial charge in [-0.25, -0.2) is 0 Å². The minimum atomic E-state index is 0.0340. The zero-order valence-corrected chi connectivity index (χ0v) is 9.38. The average Bonchev–Trinajstić information content (AvgIpc) is 2.60. The molecule has 84 valence electrons. The van der Waals surface area contributed by atoms with Crippen LogP contribution in [0.25, 0.3) is 0 Å². The molecule has 1 amide bonds. The van der Waals surface area contributed by atoms with Gasteiger partial charge in [-0.15, -0.1) is 0 Å². The third kappa shape index (κ3) is 2.13. The van der Waals surface area contributed by atoms with E-state index in [1.165, 1.54) is 0 Å². The fraction of sp³-hybridized carbons (Fsp3) is 0.385. The van der Waals surface area contributed by atoms with Gasteiger partial charge in [0.1, 0.15) is 0 Å². The Kier molecular flexibility index (Phi) is 3.04. The van der Waals surface area contributed by atoms with Gasteiger partial charge >= 0.3 is 0 Å². The molecule has 0 saturated carbocycles. The molecule has 0 fully saturated rings. The van der Waals surface area contributed by atoms with E-state index in [4.69, 9.17) is 0 Å². The minimum Gasteiger partial charge on any atom is -0.356 e. The largest absolute Gasteiger partial charge is 0.356 e. The number of carbonyl (C=O) groups excluding carboxylic acids is 2. The van der Waals surface area contributed by atoms with Crippen LogP contribution in [-0.2, 0) is 17.6 Å². The molecule has 0 atom stereocenters. The summed E-state index contributed by atoms with van der Waals surface area (Å²) in [7, 11) is 0. The van der Waals surface area contributed by atoms with Gasteiger partial charge in [-0.2, -0.15) is 0 Å². The van der Waals surface area contributed by atoms with Crippen LogP contribution in [0.4, 0.5) is 0 Å². The molecule has 3 nitrogen and oxygen atoms in total. The lowest BCUT2D eigenvalue weighted by molar-refractivity contribution is -0.120. The summed E-state index contributed by atoms with van der Waals surface area (Å²) in [5.41, 5.74) is 2.91. The number of hydrogen-bond donors (Lipinski definition) is 1. The van der Waals surface area contributed by atoms with E-state index in [9.17, 15) is 9.59 Å². The van der Waals surface area contributed by atoms with Gasteiger partial charge < -0.3 is 5.32 Å². The maximum Gasteiger partial charge on any atom is 0.224 e. The number of carbonyl (C=O) groups is 2. The topological polar surface area (TPSA) is 46.2 Å². The zero-order valence-electron chi connectivity index (χ0n) is 9.38. The summed E-state index contributed by atoms with van der Waals surface area (Å²) in [5, 5.41) is 2.76. The first-order valence-electron chi connectivity index (χ1n) is 5.62. The van der Waals surface area contributed by atoms with Crippen molar-refractivity contribution in [1.82, 2.24) is 5.32 Å². The van der Waals surface area contributed by atoms with Crippen molar-refractivity contribution < 1.29 is 9.59 Å². The Balaban J connectivity index is 2.13. The maximum atomic E-state index is 11.4. The number of hydrogen-bond acceptors (Lipinski definition) is 2. The first-order valence-corrected chi connectivity index (χ1v) is 5.62. The molecule has 0 heterocycles. The van der Waals surface area contributed by atoms with E-state index < -0.39 is 0 Å². The molecule has 0 bridgehead atoms. The van der Waals surface area contributed by atoms with E-state index in [0.29, 0.717) is 19.4 Å². The number of benzene rings is 1. The summed E-state index contributed by atoms with van der Waals surface area (Å²) in [6.45, 7) is 2.56. The molecular formula is C13H15NO2. The van der Waals surface area contributed by atoms with Crippen LogP contribution < -0.4 is 5.32 Å². The standard InChI is InChI=1S/C13H15NO2/c1-2-14-13(16)8-9-3-5-11-10(7-9)4-6-12(11)15/h3,5,7H,2,4,6,8H2,1H3,(H,14,16). The van der Waals surface area contributed by atoms with Gasteiger partial charge in [0.15, 0.2) is 5.78 Å². The van der Waals surface area contributed by atoms with Crippen molar-refractivity contribution in [2.75, 3.05) is 6.54 Å². The van der Waals surface area contributed by atoms with Crippen LogP contribution in [0.1, 0.15) is 34.8 Å². The Hall–Kier alpha value is -1.64. The number of nitrogens with one attached hydrogen (secondary N) is 1. The van der Waals surface area contributed by atoms with E-state index in [1.54, 1.807) is 0 Å². The maximum absolute atomic E-state index is 11.4. The predicted octanol–water partition coefficient (Wildman–Crippen LogP) is 1.49. The van der Waals surface area contributed by atoms with Gasteiger partial charge in [-0.3, -0.25) is 9.59 Å². The highest BCUT2D eigenvalue weighted by Gasteiger charge is 2.19. The summed E-state index contributed by atoms with van der Waals surface area (Å²) in [6, 6.07) is 5.70. The molecule has 2 rings (SSSR count). The summed E-state index contributed by atoms with van der Waals surface area (Å²) in [4.78, 5) is 22.8. The van der Waals surface area contributed by atoms with Gasteiger partial charge in [-0.1, -0.05) is 18.2 Å². The van der Waals surface area contributed by atoms with E-state index >= 15 is 0 Å². The second-order valence-electron chi connectivity index (χ2n) is 4.04. The molecule has 0 aliphatic heterocycles. The summed E-state index contributed by atoms with van der Waals surface area (Å²) >= 11 is 0. The van der Waals surface area contributed by atoms with E-state index in [2.05, 4.69) is 5.32 Å². The Morgan fingerprint density at radius 2 is 2.19 bits per heavy atom. The molecule has 3 heteroatoms. The fourth-order valence-corrected chi connectivity index (χ4v) is 2.06. The number of aryl methyl sites for hydroxylation is 1. The second-order valence-corrected chi connectivity index (χ2v) is 4.04. The van der Waals surface area contributed by atoms with E-state index in [1.807, 2.05) is 25.1 Å². The third-order valence-electron chi connectivity index (χ3n) is 2.83. The minimum absolute atomic E-state index is 0.0340. The normalized spacial score (nSPS) is 13.7. The van der Waals surface area contributed by atoms with Crippen molar-refractivity contribution in [3.63, 3.8) is 0 Å². The van der Waals surface area contributed by atoms with Crippen LogP contribution in [0.15, 0.2) is 18.2 Å². The van der Waals surface area contributed by atoms with Crippen LogP contribution in [0, 0.1) is 0 Å². The highest BCUT2D eigenvalue weighted by Crippen LogP contribution is 2.23. The number of fused-ring (bicyclic) bond motifs is 1. The number of likely N-dealkylation sites (N-methyl/N-ethyl adjacent to an activating group) is 1. The Morgan fingerprint density at radius 3 is 2.94 bits per heavy atom. The number of ketones is 1. The average molecular weight is 217 g/mol. The molecular weight excluding hydrogens is 202 g/mol. The van der Waals surface area contributed by atoms with Gasteiger partial charge in [0.05, 0.1) is 6.42 Å². The summed E-state index contributed by atoms with van der Waals surface area (Å²) in [6.07, 6.45) is 1.83. The second kappa shape index (κ2) is 4.47.